The maximum absolute atomic E-state index is 9.97. The van der Waals surface area contributed by atoms with Crippen LogP contribution in [-0.4, -0.2) is 81.2 Å². The second-order valence-electron chi connectivity index (χ2n) is 6.38. The Morgan fingerprint density at radius 1 is 1.25 bits per heavy atom. The Hall–Kier alpha value is -1.29. The molecule has 24 heavy (non-hydrogen) atoms. The van der Waals surface area contributed by atoms with Crippen LogP contribution in [0.3, 0.4) is 0 Å². The van der Waals surface area contributed by atoms with Crippen molar-refractivity contribution in [3.8, 4) is 5.88 Å². The Morgan fingerprint density at radius 3 is 2.62 bits per heavy atom. The summed E-state index contributed by atoms with van der Waals surface area (Å²) in [6.45, 7) is 0.568. The molecule has 2 fully saturated rings. The van der Waals surface area contributed by atoms with Crippen molar-refractivity contribution in [2.75, 3.05) is 20.2 Å². The van der Waals surface area contributed by atoms with Gasteiger partial charge in [-0.15, -0.1) is 0 Å². The van der Waals surface area contributed by atoms with Crippen LogP contribution in [0.4, 0.5) is 0 Å². The van der Waals surface area contributed by atoms with Crippen molar-refractivity contribution in [2.24, 2.45) is 0 Å². The number of pyridine rings is 1. The van der Waals surface area contributed by atoms with Crippen LogP contribution in [0.5, 0.6) is 5.88 Å². The SMILES string of the molecule is CN1CCC[C@H]1c1ccc(O[C@@H]2O[C@H](CO)[C@H](O)[C@H](O)[C@H]2O)nc1. The van der Waals surface area contributed by atoms with E-state index in [4.69, 9.17) is 9.47 Å². The second-order valence-corrected chi connectivity index (χ2v) is 6.38. The van der Waals surface area contributed by atoms with Gasteiger partial charge >= 0.3 is 0 Å². The predicted molar refractivity (Wildman–Crippen MR) is 83.2 cm³/mol. The molecule has 6 atom stereocenters. The zero-order valence-electron chi connectivity index (χ0n) is 13.5. The number of hydrogen-bond acceptors (Lipinski definition) is 8. The molecule has 8 heteroatoms. The molecule has 2 saturated heterocycles. The number of aliphatic hydroxyl groups is 4. The van der Waals surface area contributed by atoms with Crippen LogP contribution >= 0.6 is 0 Å². The quantitative estimate of drug-likeness (QED) is 0.553. The molecule has 0 amide bonds. The van der Waals surface area contributed by atoms with E-state index in [1.165, 1.54) is 0 Å². The lowest BCUT2D eigenvalue weighted by atomic mass is 9.99. The number of hydrogen-bond donors (Lipinski definition) is 4. The number of aliphatic hydroxyl groups excluding tert-OH is 4. The lowest BCUT2D eigenvalue weighted by Gasteiger charge is -2.39. The monoisotopic (exact) mass is 340 g/mol. The minimum atomic E-state index is -1.47. The van der Waals surface area contributed by atoms with Crippen LogP contribution in [0.15, 0.2) is 18.3 Å². The van der Waals surface area contributed by atoms with E-state index >= 15 is 0 Å². The summed E-state index contributed by atoms with van der Waals surface area (Å²) < 4.78 is 10.8. The molecule has 1 aromatic heterocycles. The fraction of sp³-hybridized carbons (Fsp3) is 0.688. The summed E-state index contributed by atoms with van der Waals surface area (Å²) in [4.78, 5) is 6.51. The van der Waals surface area contributed by atoms with Gasteiger partial charge in [-0.2, -0.15) is 0 Å². The van der Waals surface area contributed by atoms with Crippen molar-refractivity contribution < 1.29 is 29.9 Å². The first-order chi connectivity index (χ1) is 11.5. The van der Waals surface area contributed by atoms with Gasteiger partial charge in [0.2, 0.25) is 12.2 Å². The third-order valence-corrected chi connectivity index (χ3v) is 4.75. The number of nitrogens with zero attached hydrogens (tertiary/aromatic N) is 2. The van der Waals surface area contributed by atoms with Crippen LogP contribution in [0.2, 0.25) is 0 Å². The van der Waals surface area contributed by atoms with Crippen molar-refractivity contribution >= 4 is 0 Å². The Labute approximate surface area is 140 Å². The molecule has 2 aliphatic rings. The van der Waals surface area contributed by atoms with Crippen molar-refractivity contribution in [1.82, 2.24) is 9.88 Å². The topological polar surface area (TPSA) is 116 Å². The molecule has 2 aliphatic heterocycles. The zero-order chi connectivity index (χ0) is 17.3. The summed E-state index contributed by atoms with van der Waals surface area (Å²) in [6.07, 6.45) is -2.55. The van der Waals surface area contributed by atoms with Gasteiger partial charge in [0.25, 0.3) is 0 Å². The number of rotatable bonds is 4. The average Bonchev–Trinajstić information content (AvgIpc) is 3.02. The molecule has 0 aromatic carbocycles. The predicted octanol–water partition coefficient (Wildman–Crippen LogP) is -0.973. The van der Waals surface area contributed by atoms with E-state index in [0.29, 0.717) is 6.04 Å². The molecular formula is C16H24N2O6. The lowest BCUT2D eigenvalue weighted by molar-refractivity contribution is -0.278. The second kappa shape index (κ2) is 7.30. The summed E-state index contributed by atoms with van der Waals surface area (Å²) in [5.41, 5.74) is 1.09. The van der Waals surface area contributed by atoms with Crippen molar-refractivity contribution in [2.45, 2.75) is 49.6 Å². The first-order valence-electron chi connectivity index (χ1n) is 8.14. The molecule has 0 unspecified atom stereocenters. The van der Waals surface area contributed by atoms with Gasteiger partial charge in [-0.25, -0.2) is 4.98 Å². The highest BCUT2D eigenvalue weighted by Gasteiger charge is 2.44. The van der Waals surface area contributed by atoms with E-state index in [0.717, 1.165) is 24.9 Å². The molecule has 0 radical (unpaired) electrons. The van der Waals surface area contributed by atoms with Crippen LogP contribution in [0.1, 0.15) is 24.4 Å². The summed E-state index contributed by atoms with van der Waals surface area (Å²) in [6, 6.07) is 3.95. The Balaban J connectivity index is 1.67. The van der Waals surface area contributed by atoms with E-state index in [1.54, 1.807) is 12.3 Å². The molecule has 0 bridgehead atoms. The van der Waals surface area contributed by atoms with E-state index < -0.39 is 37.3 Å². The van der Waals surface area contributed by atoms with Crippen LogP contribution < -0.4 is 4.74 Å². The first kappa shape index (κ1) is 17.5. The third kappa shape index (κ3) is 3.39. The molecule has 0 saturated carbocycles. The van der Waals surface area contributed by atoms with Gasteiger partial charge in [0.1, 0.15) is 24.4 Å². The highest BCUT2D eigenvalue weighted by molar-refractivity contribution is 5.22. The Kier molecular flexibility index (Phi) is 5.33. The maximum atomic E-state index is 9.97. The first-order valence-corrected chi connectivity index (χ1v) is 8.14. The number of aromatic nitrogens is 1. The highest BCUT2D eigenvalue weighted by Crippen LogP contribution is 2.31. The molecule has 1 aromatic rings. The summed E-state index contributed by atoms with van der Waals surface area (Å²) in [7, 11) is 2.08. The molecular weight excluding hydrogens is 316 g/mol. The summed E-state index contributed by atoms with van der Waals surface area (Å²) >= 11 is 0. The summed E-state index contributed by atoms with van der Waals surface area (Å²) in [5.74, 6) is 0.240. The van der Waals surface area contributed by atoms with E-state index in [-0.39, 0.29) is 5.88 Å². The number of likely N-dealkylation sites (tertiary alicyclic amines) is 1. The van der Waals surface area contributed by atoms with Crippen LogP contribution in [0, 0.1) is 0 Å². The molecule has 0 aliphatic carbocycles. The largest absolute Gasteiger partial charge is 0.445 e. The fourth-order valence-electron chi connectivity index (χ4n) is 3.27. The maximum Gasteiger partial charge on any atom is 0.231 e. The van der Waals surface area contributed by atoms with Crippen molar-refractivity contribution in [1.29, 1.82) is 0 Å². The minimum Gasteiger partial charge on any atom is -0.445 e. The Morgan fingerprint density at radius 2 is 2.04 bits per heavy atom. The summed E-state index contributed by atoms with van der Waals surface area (Å²) in [5, 5.41) is 38.7. The van der Waals surface area contributed by atoms with Gasteiger partial charge in [-0.05, 0) is 32.0 Å². The van der Waals surface area contributed by atoms with Gasteiger partial charge in [-0.1, -0.05) is 6.07 Å². The van der Waals surface area contributed by atoms with Gasteiger partial charge in [-0.3, -0.25) is 4.90 Å². The molecule has 3 heterocycles. The van der Waals surface area contributed by atoms with E-state index in [2.05, 4.69) is 16.9 Å². The Bertz CT molecular complexity index is 540. The lowest BCUT2D eigenvalue weighted by Crippen LogP contribution is -2.60. The zero-order valence-corrected chi connectivity index (χ0v) is 13.5. The van der Waals surface area contributed by atoms with Gasteiger partial charge < -0.3 is 29.9 Å². The molecule has 8 nitrogen and oxygen atoms in total. The molecule has 4 N–H and O–H groups in total. The minimum absolute atomic E-state index is 0.240. The molecule has 3 rings (SSSR count). The third-order valence-electron chi connectivity index (χ3n) is 4.75. The van der Waals surface area contributed by atoms with Crippen LogP contribution in [-0.2, 0) is 4.74 Å². The number of ether oxygens (including phenoxy) is 2. The van der Waals surface area contributed by atoms with Gasteiger partial charge in [0, 0.05) is 18.3 Å². The fourth-order valence-corrected chi connectivity index (χ4v) is 3.27. The molecule has 134 valence electrons. The van der Waals surface area contributed by atoms with Crippen LogP contribution in [0.25, 0.3) is 0 Å². The van der Waals surface area contributed by atoms with E-state index in [1.807, 2.05) is 6.07 Å². The highest BCUT2D eigenvalue weighted by atomic mass is 16.7. The average molecular weight is 340 g/mol. The normalized spacial score (nSPS) is 37.5. The van der Waals surface area contributed by atoms with Gasteiger partial charge in [0.15, 0.2) is 0 Å². The standard InChI is InChI=1S/C16H24N2O6/c1-18-6-2-3-10(18)9-4-5-12(17-7-9)24-16-15(22)14(21)13(20)11(8-19)23-16/h4-5,7,10-11,13-16,19-22H,2-3,6,8H2,1H3/t10-,11+,13-,14-,15+,16-/m0/s1. The van der Waals surface area contributed by atoms with Crippen molar-refractivity contribution in [3.63, 3.8) is 0 Å². The van der Waals surface area contributed by atoms with E-state index in [9.17, 15) is 20.4 Å². The van der Waals surface area contributed by atoms with Crippen molar-refractivity contribution in [3.05, 3.63) is 23.9 Å². The van der Waals surface area contributed by atoms with Gasteiger partial charge in [0.05, 0.1) is 6.61 Å². The molecule has 0 spiro atoms. The smallest absolute Gasteiger partial charge is 0.231 e.